The summed E-state index contributed by atoms with van der Waals surface area (Å²) >= 11 is 6.85. The van der Waals surface area contributed by atoms with Crippen molar-refractivity contribution in [1.82, 2.24) is 14.8 Å². The molecule has 244 valence electrons. The number of rotatable bonds is 13. The van der Waals surface area contributed by atoms with E-state index in [0.29, 0.717) is 46.9 Å². The van der Waals surface area contributed by atoms with E-state index in [4.69, 9.17) is 31.2 Å². The van der Waals surface area contributed by atoms with Gasteiger partial charge in [0.1, 0.15) is 16.7 Å². The Hall–Kier alpha value is -4.36. The Balaban J connectivity index is 1.13. The van der Waals surface area contributed by atoms with Crippen LogP contribution in [-0.4, -0.2) is 95.8 Å². The first-order valence-corrected chi connectivity index (χ1v) is 16.6. The normalized spacial score (nSPS) is 16.3. The quantitative estimate of drug-likeness (QED) is 0.101. The Bertz CT molecular complexity index is 1820. The SMILES string of the molecule is COc1cc(C(=O)O)ccc1OCCCN1C(=O)/C(=C/c2ccc(OCCN3CCOCC3)c(-c3ccc4cc[nH]c4c3)c2)SC1=S. The van der Waals surface area contributed by atoms with Gasteiger partial charge in [-0.15, -0.1) is 0 Å². The Morgan fingerprint density at radius 1 is 1.00 bits per heavy atom. The van der Waals surface area contributed by atoms with Gasteiger partial charge < -0.3 is 29.0 Å². The van der Waals surface area contributed by atoms with Crippen LogP contribution in [0, 0.1) is 0 Å². The number of carbonyl (C=O) groups is 2. The van der Waals surface area contributed by atoms with Crippen LogP contribution in [-0.2, 0) is 9.53 Å². The van der Waals surface area contributed by atoms with Crippen molar-refractivity contribution in [2.24, 2.45) is 0 Å². The van der Waals surface area contributed by atoms with Gasteiger partial charge in [-0.05, 0) is 71.5 Å². The van der Waals surface area contributed by atoms with E-state index < -0.39 is 5.97 Å². The van der Waals surface area contributed by atoms with E-state index >= 15 is 0 Å². The lowest BCUT2D eigenvalue weighted by molar-refractivity contribution is -0.122. The van der Waals surface area contributed by atoms with Crippen molar-refractivity contribution < 1.29 is 33.6 Å². The minimum atomic E-state index is -1.05. The number of morpholine rings is 1. The standard InChI is InChI=1S/C35H35N3O7S2/c1-42-31-22-26(34(40)41)6-8-30(31)44-15-2-11-38-33(39)32(47-35(38)46)20-23-3-7-29(45-18-14-37-12-16-43-17-13-37)27(19-23)25-5-4-24-9-10-36-28(24)21-25/h3-10,19-22,36H,2,11-18H2,1H3,(H,40,41)/b32-20-. The molecular weight excluding hydrogens is 639 g/mol. The predicted octanol–water partition coefficient (Wildman–Crippen LogP) is 5.92. The zero-order valence-corrected chi connectivity index (χ0v) is 27.5. The summed E-state index contributed by atoms with van der Waals surface area (Å²) in [5.41, 5.74) is 3.97. The first-order chi connectivity index (χ1) is 22.9. The summed E-state index contributed by atoms with van der Waals surface area (Å²) < 4.78 is 23.4. The predicted molar refractivity (Wildman–Crippen MR) is 186 cm³/mol. The summed E-state index contributed by atoms with van der Waals surface area (Å²) in [6.07, 6.45) is 4.32. The summed E-state index contributed by atoms with van der Waals surface area (Å²) in [5.74, 6) is 0.351. The number of methoxy groups -OCH3 is 1. The number of H-pyrrole nitrogens is 1. The van der Waals surface area contributed by atoms with Crippen LogP contribution in [0.15, 0.2) is 71.8 Å². The van der Waals surface area contributed by atoms with Gasteiger partial charge in [-0.25, -0.2) is 4.79 Å². The minimum Gasteiger partial charge on any atom is -0.493 e. The molecule has 2 saturated heterocycles. The minimum absolute atomic E-state index is 0.109. The highest BCUT2D eigenvalue weighted by Gasteiger charge is 2.31. The number of nitrogens with zero attached hydrogens (tertiary/aromatic N) is 2. The maximum absolute atomic E-state index is 13.4. The molecular formula is C35H35N3O7S2. The monoisotopic (exact) mass is 673 g/mol. The van der Waals surface area contributed by atoms with Crippen LogP contribution in [0.4, 0.5) is 0 Å². The summed E-state index contributed by atoms with van der Waals surface area (Å²) in [6.45, 7) is 5.35. The molecule has 0 atom stereocenters. The maximum Gasteiger partial charge on any atom is 0.335 e. The number of aromatic carboxylic acids is 1. The molecule has 4 aromatic rings. The smallest absolute Gasteiger partial charge is 0.335 e. The van der Waals surface area contributed by atoms with E-state index in [2.05, 4.69) is 34.1 Å². The van der Waals surface area contributed by atoms with Gasteiger partial charge in [0.05, 0.1) is 37.4 Å². The maximum atomic E-state index is 13.4. The molecule has 47 heavy (non-hydrogen) atoms. The Labute approximate surface area is 282 Å². The number of fused-ring (bicyclic) bond motifs is 1. The van der Waals surface area contributed by atoms with Crippen molar-refractivity contribution in [2.75, 3.05) is 59.7 Å². The third-order valence-electron chi connectivity index (χ3n) is 8.00. The highest BCUT2D eigenvalue weighted by molar-refractivity contribution is 8.26. The van der Waals surface area contributed by atoms with Gasteiger partial charge in [0.2, 0.25) is 0 Å². The third-order valence-corrected chi connectivity index (χ3v) is 9.38. The molecule has 2 fully saturated rings. The van der Waals surface area contributed by atoms with E-state index in [1.54, 1.807) is 11.0 Å². The van der Waals surface area contributed by atoms with Gasteiger partial charge in [0.25, 0.3) is 5.91 Å². The lowest BCUT2D eigenvalue weighted by atomic mass is 10.0. The second-order valence-corrected chi connectivity index (χ2v) is 12.7. The molecule has 10 nitrogen and oxygen atoms in total. The number of aromatic nitrogens is 1. The fourth-order valence-electron chi connectivity index (χ4n) is 5.48. The highest BCUT2D eigenvalue weighted by Crippen LogP contribution is 2.37. The number of thioether (sulfide) groups is 1. The van der Waals surface area contributed by atoms with E-state index in [1.165, 1.54) is 31.0 Å². The average molecular weight is 674 g/mol. The van der Waals surface area contributed by atoms with E-state index in [1.807, 2.05) is 30.5 Å². The summed E-state index contributed by atoms with van der Waals surface area (Å²) in [4.78, 5) is 32.4. The molecule has 0 aliphatic carbocycles. The summed E-state index contributed by atoms with van der Waals surface area (Å²) in [6, 6.07) is 18.7. The van der Waals surface area contributed by atoms with E-state index in [-0.39, 0.29) is 11.5 Å². The van der Waals surface area contributed by atoms with E-state index in [0.717, 1.165) is 66.2 Å². The fraction of sp³-hybridized carbons (Fsp3) is 0.286. The fourth-order valence-corrected chi connectivity index (χ4v) is 6.79. The third kappa shape index (κ3) is 7.79. The van der Waals surface area contributed by atoms with Crippen LogP contribution >= 0.6 is 24.0 Å². The number of carboxylic acid groups (broad SMARTS) is 1. The molecule has 2 aliphatic rings. The van der Waals surface area contributed by atoms with Crippen LogP contribution in [0.25, 0.3) is 28.1 Å². The van der Waals surface area contributed by atoms with Crippen LogP contribution < -0.4 is 14.2 Å². The van der Waals surface area contributed by atoms with Crippen molar-refractivity contribution in [2.45, 2.75) is 6.42 Å². The zero-order valence-electron chi connectivity index (χ0n) is 25.9. The summed E-state index contributed by atoms with van der Waals surface area (Å²) in [5, 5.41) is 10.3. The van der Waals surface area contributed by atoms with Gasteiger partial charge in [0.15, 0.2) is 11.5 Å². The van der Waals surface area contributed by atoms with Crippen molar-refractivity contribution in [3.05, 3.63) is 82.9 Å². The van der Waals surface area contributed by atoms with Gasteiger partial charge >= 0.3 is 5.97 Å². The number of hydrogen-bond acceptors (Lipinski definition) is 9. The van der Waals surface area contributed by atoms with Gasteiger partial charge in [-0.2, -0.15) is 0 Å². The molecule has 0 radical (unpaired) electrons. The molecule has 0 spiro atoms. The molecule has 0 unspecified atom stereocenters. The van der Waals surface area contributed by atoms with Crippen molar-refractivity contribution >= 4 is 57.2 Å². The Morgan fingerprint density at radius 2 is 1.81 bits per heavy atom. The number of carbonyl (C=O) groups excluding carboxylic acids is 1. The number of nitrogens with one attached hydrogen (secondary N) is 1. The second kappa shape index (κ2) is 15.0. The molecule has 0 saturated carbocycles. The molecule has 2 aliphatic heterocycles. The van der Waals surface area contributed by atoms with Crippen molar-refractivity contribution in [3.8, 4) is 28.4 Å². The number of amides is 1. The molecule has 12 heteroatoms. The second-order valence-electron chi connectivity index (χ2n) is 11.0. The van der Waals surface area contributed by atoms with Gasteiger partial charge in [-0.3, -0.25) is 14.6 Å². The number of aromatic amines is 1. The number of thiocarbonyl (C=S) groups is 1. The first-order valence-electron chi connectivity index (χ1n) is 15.3. The van der Waals surface area contributed by atoms with Gasteiger partial charge in [-0.1, -0.05) is 42.2 Å². The van der Waals surface area contributed by atoms with Crippen LogP contribution in [0.1, 0.15) is 22.3 Å². The van der Waals surface area contributed by atoms with Crippen molar-refractivity contribution in [3.63, 3.8) is 0 Å². The topological polar surface area (TPSA) is 114 Å². The Kier molecular flexibility index (Phi) is 10.4. The number of hydrogen-bond donors (Lipinski definition) is 2. The van der Waals surface area contributed by atoms with E-state index in [9.17, 15) is 14.7 Å². The molecule has 6 rings (SSSR count). The van der Waals surface area contributed by atoms with Crippen molar-refractivity contribution in [1.29, 1.82) is 0 Å². The molecule has 3 aromatic carbocycles. The van der Waals surface area contributed by atoms with Crippen LogP contribution in [0.3, 0.4) is 0 Å². The largest absolute Gasteiger partial charge is 0.493 e. The molecule has 1 aromatic heterocycles. The lowest BCUT2D eigenvalue weighted by Crippen LogP contribution is -2.38. The zero-order chi connectivity index (χ0) is 32.8. The summed E-state index contributed by atoms with van der Waals surface area (Å²) in [7, 11) is 1.46. The Morgan fingerprint density at radius 3 is 2.62 bits per heavy atom. The molecule has 0 bridgehead atoms. The average Bonchev–Trinajstić information content (AvgIpc) is 3.66. The molecule has 2 N–H and O–H groups in total. The first kappa shape index (κ1) is 32.6. The lowest BCUT2D eigenvalue weighted by Gasteiger charge is -2.26. The molecule has 3 heterocycles. The molecule has 1 amide bonds. The van der Waals surface area contributed by atoms with Gasteiger partial charge in [0, 0.05) is 43.5 Å². The number of ether oxygens (including phenoxy) is 4. The number of benzene rings is 3. The van der Waals surface area contributed by atoms with Crippen LogP contribution in [0.5, 0.6) is 17.2 Å². The highest BCUT2D eigenvalue weighted by atomic mass is 32.2. The number of carboxylic acids is 1. The van der Waals surface area contributed by atoms with Crippen LogP contribution in [0.2, 0.25) is 0 Å².